The van der Waals surface area contributed by atoms with Crippen molar-refractivity contribution in [1.29, 1.82) is 0 Å². The van der Waals surface area contributed by atoms with E-state index in [-0.39, 0.29) is 5.69 Å². The molecular weight excluding hydrogens is 187 g/mol. The average Bonchev–Trinajstić information content (AvgIpc) is 2.66. The molecule has 0 saturated carbocycles. The van der Waals surface area contributed by atoms with E-state index in [0.717, 1.165) is 0 Å². The number of aromatic nitrogens is 2. The summed E-state index contributed by atoms with van der Waals surface area (Å²) < 4.78 is 17.7. The molecule has 0 saturated heterocycles. The third-order valence-corrected chi connectivity index (χ3v) is 1.82. The predicted molar refractivity (Wildman–Crippen MR) is 47.3 cm³/mol. The van der Waals surface area contributed by atoms with Crippen LogP contribution in [0.5, 0.6) is 0 Å². The zero-order valence-electron chi connectivity index (χ0n) is 7.37. The highest BCUT2D eigenvalue weighted by Crippen LogP contribution is 2.13. The molecule has 14 heavy (non-hydrogen) atoms. The normalized spacial score (nSPS) is 10.4. The first-order valence-electron chi connectivity index (χ1n) is 3.97. The molecule has 0 aromatic carbocycles. The van der Waals surface area contributed by atoms with Gasteiger partial charge in [-0.15, -0.1) is 0 Å². The standard InChI is InChI=1S/C9H7FN2O2/c1-5-7(10)9(13)12-8(11-5)6-2-3-14-4-6/h2-4H,1H3,(H,11,12,13). The highest BCUT2D eigenvalue weighted by Gasteiger charge is 2.08. The van der Waals surface area contributed by atoms with Crippen molar-refractivity contribution in [3.63, 3.8) is 0 Å². The van der Waals surface area contributed by atoms with Gasteiger partial charge >= 0.3 is 0 Å². The topological polar surface area (TPSA) is 58.9 Å². The van der Waals surface area contributed by atoms with Crippen LogP contribution in [-0.2, 0) is 0 Å². The summed E-state index contributed by atoms with van der Waals surface area (Å²) in [5.74, 6) is -0.542. The van der Waals surface area contributed by atoms with Gasteiger partial charge in [0.2, 0.25) is 5.82 Å². The minimum absolute atomic E-state index is 0.0740. The summed E-state index contributed by atoms with van der Waals surface area (Å²) in [6, 6.07) is 1.63. The van der Waals surface area contributed by atoms with Gasteiger partial charge in [0, 0.05) is 0 Å². The van der Waals surface area contributed by atoms with Crippen LogP contribution in [0.3, 0.4) is 0 Å². The van der Waals surface area contributed by atoms with Gasteiger partial charge in [-0.05, 0) is 13.0 Å². The van der Waals surface area contributed by atoms with Crippen molar-refractivity contribution in [1.82, 2.24) is 9.97 Å². The number of halogens is 1. The van der Waals surface area contributed by atoms with E-state index in [1.54, 1.807) is 6.07 Å². The SMILES string of the molecule is Cc1nc(-c2ccoc2)[nH]c(=O)c1F. The van der Waals surface area contributed by atoms with Gasteiger partial charge in [-0.1, -0.05) is 0 Å². The molecule has 0 unspecified atom stereocenters. The zero-order chi connectivity index (χ0) is 10.1. The van der Waals surface area contributed by atoms with E-state index < -0.39 is 11.4 Å². The number of furan rings is 1. The number of H-pyrrole nitrogens is 1. The molecule has 5 heteroatoms. The van der Waals surface area contributed by atoms with Crippen molar-refractivity contribution >= 4 is 0 Å². The molecule has 0 bridgehead atoms. The molecule has 0 amide bonds. The molecule has 0 aliphatic carbocycles. The molecule has 0 radical (unpaired) electrons. The monoisotopic (exact) mass is 194 g/mol. The van der Waals surface area contributed by atoms with Crippen LogP contribution in [0.4, 0.5) is 4.39 Å². The molecule has 0 aliphatic rings. The maximum atomic E-state index is 12.9. The third-order valence-electron chi connectivity index (χ3n) is 1.82. The lowest BCUT2D eigenvalue weighted by Gasteiger charge is -1.98. The Balaban J connectivity index is 2.63. The number of nitrogens with one attached hydrogen (secondary N) is 1. The van der Waals surface area contributed by atoms with E-state index in [2.05, 4.69) is 9.97 Å². The van der Waals surface area contributed by atoms with Crippen LogP contribution in [0.2, 0.25) is 0 Å². The average molecular weight is 194 g/mol. The van der Waals surface area contributed by atoms with Crippen LogP contribution in [0.15, 0.2) is 27.8 Å². The molecule has 4 nitrogen and oxygen atoms in total. The predicted octanol–water partition coefficient (Wildman–Crippen LogP) is 1.48. The molecule has 2 heterocycles. The molecule has 2 rings (SSSR count). The van der Waals surface area contributed by atoms with Crippen molar-refractivity contribution in [2.24, 2.45) is 0 Å². The van der Waals surface area contributed by atoms with Gasteiger partial charge in [-0.25, -0.2) is 4.98 Å². The van der Waals surface area contributed by atoms with E-state index in [9.17, 15) is 9.18 Å². The Kier molecular flexibility index (Phi) is 1.92. The summed E-state index contributed by atoms with van der Waals surface area (Å²) in [6.45, 7) is 1.44. The summed E-state index contributed by atoms with van der Waals surface area (Å²) in [4.78, 5) is 17.3. The van der Waals surface area contributed by atoms with Crippen molar-refractivity contribution < 1.29 is 8.81 Å². The van der Waals surface area contributed by atoms with E-state index in [1.807, 2.05) is 0 Å². The lowest BCUT2D eigenvalue weighted by Crippen LogP contribution is -2.15. The quantitative estimate of drug-likeness (QED) is 0.747. The first-order valence-corrected chi connectivity index (χ1v) is 3.97. The molecule has 0 atom stereocenters. The zero-order valence-corrected chi connectivity index (χ0v) is 7.37. The van der Waals surface area contributed by atoms with E-state index in [4.69, 9.17) is 4.42 Å². The summed E-state index contributed by atoms with van der Waals surface area (Å²) in [5, 5.41) is 0. The van der Waals surface area contributed by atoms with Crippen LogP contribution in [0, 0.1) is 12.7 Å². The van der Waals surface area contributed by atoms with Crippen LogP contribution in [-0.4, -0.2) is 9.97 Å². The fourth-order valence-corrected chi connectivity index (χ4v) is 1.11. The summed E-state index contributed by atoms with van der Waals surface area (Å²) in [6.07, 6.45) is 2.88. The second-order valence-electron chi connectivity index (χ2n) is 2.83. The highest BCUT2D eigenvalue weighted by atomic mass is 19.1. The van der Waals surface area contributed by atoms with Crippen molar-refractivity contribution in [2.75, 3.05) is 0 Å². The lowest BCUT2D eigenvalue weighted by atomic mass is 10.3. The van der Waals surface area contributed by atoms with Crippen molar-refractivity contribution in [3.05, 3.63) is 40.5 Å². The van der Waals surface area contributed by atoms with Gasteiger partial charge in [0.15, 0.2) is 0 Å². The lowest BCUT2D eigenvalue weighted by molar-refractivity contribution is 0.567. The highest BCUT2D eigenvalue weighted by molar-refractivity contribution is 5.52. The Labute approximate surface area is 78.4 Å². The van der Waals surface area contributed by atoms with E-state index in [1.165, 1.54) is 19.5 Å². The first-order chi connectivity index (χ1) is 6.68. The second-order valence-corrected chi connectivity index (χ2v) is 2.83. The number of aromatic amines is 1. The Bertz CT molecular complexity index is 502. The number of hydrogen-bond donors (Lipinski definition) is 1. The van der Waals surface area contributed by atoms with Crippen LogP contribution in [0.1, 0.15) is 5.69 Å². The molecule has 72 valence electrons. The summed E-state index contributed by atoms with van der Waals surface area (Å²) in [7, 11) is 0. The third kappa shape index (κ3) is 1.32. The molecule has 2 aromatic heterocycles. The van der Waals surface area contributed by atoms with Gasteiger partial charge in [0.25, 0.3) is 5.56 Å². The molecule has 0 fully saturated rings. The smallest absolute Gasteiger partial charge is 0.287 e. The summed E-state index contributed by atoms with van der Waals surface area (Å²) in [5.41, 5.74) is -0.0798. The number of rotatable bonds is 1. The maximum absolute atomic E-state index is 12.9. The summed E-state index contributed by atoms with van der Waals surface area (Å²) >= 11 is 0. The largest absolute Gasteiger partial charge is 0.472 e. The number of nitrogens with zero attached hydrogens (tertiary/aromatic N) is 1. The van der Waals surface area contributed by atoms with Crippen molar-refractivity contribution in [2.45, 2.75) is 6.92 Å². The van der Waals surface area contributed by atoms with Gasteiger partial charge in [-0.3, -0.25) is 4.79 Å². The molecule has 1 N–H and O–H groups in total. The van der Waals surface area contributed by atoms with Crippen LogP contribution >= 0.6 is 0 Å². The van der Waals surface area contributed by atoms with E-state index >= 15 is 0 Å². The van der Waals surface area contributed by atoms with Crippen LogP contribution in [0.25, 0.3) is 11.4 Å². The number of aryl methyl sites for hydroxylation is 1. The van der Waals surface area contributed by atoms with Crippen molar-refractivity contribution in [3.8, 4) is 11.4 Å². The van der Waals surface area contributed by atoms with E-state index in [0.29, 0.717) is 11.4 Å². The maximum Gasteiger partial charge on any atom is 0.287 e. The molecule has 2 aromatic rings. The Morgan fingerprint density at radius 2 is 2.36 bits per heavy atom. The number of hydrogen-bond acceptors (Lipinski definition) is 3. The van der Waals surface area contributed by atoms with Gasteiger partial charge < -0.3 is 9.40 Å². The van der Waals surface area contributed by atoms with Crippen LogP contribution < -0.4 is 5.56 Å². The molecular formula is C9H7FN2O2. The Morgan fingerprint density at radius 1 is 1.57 bits per heavy atom. The molecule has 0 spiro atoms. The van der Waals surface area contributed by atoms with Gasteiger partial charge in [0.1, 0.15) is 12.1 Å². The van der Waals surface area contributed by atoms with Gasteiger partial charge in [0.05, 0.1) is 17.5 Å². The second kappa shape index (κ2) is 3.10. The fourth-order valence-electron chi connectivity index (χ4n) is 1.11. The fraction of sp³-hybridized carbons (Fsp3) is 0.111. The Hall–Kier alpha value is -1.91. The minimum Gasteiger partial charge on any atom is -0.472 e. The molecule has 0 aliphatic heterocycles. The van der Waals surface area contributed by atoms with Gasteiger partial charge in [-0.2, -0.15) is 4.39 Å². The first kappa shape index (κ1) is 8.68. The Morgan fingerprint density at radius 3 is 2.93 bits per heavy atom. The minimum atomic E-state index is -0.850.